The van der Waals surface area contributed by atoms with Crippen LogP contribution in [0.1, 0.15) is 0 Å². The molecule has 0 bridgehead atoms. The Hall–Kier alpha value is -7.88. The zero-order valence-electron chi connectivity index (χ0n) is 32.1. The van der Waals surface area contributed by atoms with Crippen LogP contribution in [0.2, 0.25) is 0 Å². The zero-order valence-corrected chi connectivity index (χ0v) is 32.1. The van der Waals surface area contributed by atoms with Crippen LogP contribution in [0.3, 0.4) is 0 Å². The third-order valence-corrected chi connectivity index (χ3v) is 12.0. The molecule has 59 heavy (non-hydrogen) atoms. The highest BCUT2D eigenvalue weighted by Crippen LogP contribution is 2.42. The van der Waals surface area contributed by atoms with Gasteiger partial charge < -0.3 is 13.9 Å². The summed E-state index contributed by atoms with van der Waals surface area (Å²) in [6.07, 6.45) is 0. The fourth-order valence-corrected chi connectivity index (χ4v) is 9.17. The van der Waals surface area contributed by atoms with Gasteiger partial charge in [-0.2, -0.15) is 0 Å². The number of nitrogens with zero attached hydrogens (tertiary/aromatic N) is 2. The Bertz CT molecular complexity index is 3500. The number of hydrogen-bond acceptors (Lipinski definition) is 2. The first-order valence-corrected chi connectivity index (χ1v) is 20.2. The highest BCUT2D eigenvalue weighted by atomic mass is 16.3. The van der Waals surface area contributed by atoms with Gasteiger partial charge >= 0.3 is 0 Å². The molecule has 2 aromatic heterocycles. The van der Waals surface area contributed by atoms with Gasteiger partial charge in [0.15, 0.2) is 0 Å². The maximum Gasteiger partial charge on any atom is 0.143 e. The van der Waals surface area contributed by atoms with Crippen molar-refractivity contribution >= 4 is 82.4 Å². The van der Waals surface area contributed by atoms with E-state index in [0.29, 0.717) is 0 Å². The Balaban J connectivity index is 1.03. The molecule has 0 aliphatic rings. The normalized spacial score (nSPS) is 11.7. The van der Waals surface area contributed by atoms with Gasteiger partial charge in [0.25, 0.3) is 0 Å². The third-order valence-electron chi connectivity index (χ3n) is 12.0. The number of aromatic nitrogens is 1. The van der Waals surface area contributed by atoms with E-state index in [1.807, 2.05) is 6.07 Å². The van der Waals surface area contributed by atoms with E-state index in [9.17, 15) is 0 Å². The molecular weight excluding hydrogens is 717 g/mol. The van der Waals surface area contributed by atoms with Crippen molar-refractivity contribution in [1.82, 2.24) is 4.57 Å². The predicted octanol–water partition coefficient (Wildman–Crippen LogP) is 15.8. The van der Waals surface area contributed by atoms with Gasteiger partial charge in [0.2, 0.25) is 0 Å². The Kier molecular flexibility index (Phi) is 7.54. The summed E-state index contributed by atoms with van der Waals surface area (Å²) < 4.78 is 8.96. The fraction of sp³-hybridized carbons (Fsp3) is 0. The molecular formula is C56H36N2O. The lowest BCUT2D eigenvalue weighted by molar-refractivity contribution is 0.672. The molecule has 0 atom stereocenters. The predicted molar refractivity (Wildman–Crippen MR) is 249 cm³/mol. The van der Waals surface area contributed by atoms with Crippen molar-refractivity contribution in [3.8, 4) is 27.9 Å². The van der Waals surface area contributed by atoms with Crippen molar-refractivity contribution < 1.29 is 4.42 Å². The lowest BCUT2D eigenvalue weighted by Crippen LogP contribution is -2.10. The molecule has 0 N–H and O–H groups in total. The van der Waals surface area contributed by atoms with Gasteiger partial charge in [0.05, 0.1) is 11.0 Å². The topological polar surface area (TPSA) is 21.3 Å². The smallest absolute Gasteiger partial charge is 0.143 e. The molecule has 12 rings (SSSR count). The van der Waals surface area contributed by atoms with Crippen LogP contribution in [0.4, 0.5) is 17.1 Å². The van der Waals surface area contributed by atoms with Crippen molar-refractivity contribution in [2.75, 3.05) is 4.90 Å². The van der Waals surface area contributed by atoms with Crippen LogP contribution in [0.25, 0.3) is 93.2 Å². The highest BCUT2D eigenvalue weighted by molar-refractivity contribution is 6.16. The molecule has 276 valence electrons. The number of hydrogen-bond donors (Lipinski definition) is 0. The SMILES string of the molecule is c1ccc(-c2cccc3ccc(-c4ccc(N(c5cccc(-n6c7ccccc7c7ccccc76)c5)c5ccc6ccc7c8ccccc8oc7c6c5)cc4)cc23)cc1. The van der Waals surface area contributed by atoms with Gasteiger partial charge in [-0.05, 0) is 111 Å². The monoisotopic (exact) mass is 752 g/mol. The number of rotatable bonds is 6. The molecule has 3 heteroatoms. The number of anilines is 3. The van der Waals surface area contributed by atoms with E-state index in [1.54, 1.807) is 0 Å². The second-order valence-electron chi connectivity index (χ2n) is 15.3. The molecule has 0 amide bonds. The third kappa shape index (κ3) is 5.44. The summed E-state index contributed by atoms with van der Waals surface area (Å²) in [4.78, 5) is 2.37. The van der Waals surface area contributed by atoms with Crippen LogP contribution in [-0.2, 0) is 0 Å². The molecule has 12 aromatic rings. The van der Waals surface area contributed by atoms with Crippen LogP contribution in [0, 0.1) is 0 Å². The first-order chi connectivity index (χ1) is 29.2. The number of para-hydroxylation sites is 3. The molecule has 3 nitrogen and oxygen atoms in total. The fourth-order valence-electron chi connectivity index (χ4n) is 9.17. The summed E-state index contributed by atoms with van der Waals surface area (Å²) in [5.74, 6) is 0. The number of furan rings is 1. The minimum atomic E-state index is 0.899. The van der Waals surface area contributed by atoms with Gasteiger partial charge in [-0.25, -0.2) is 0 Å². The quantitative estimate of drug-likeness (QED) is 0.169. The average molecular weight is 753 g/mol. The summed E-state index contributed by atoms with van der Waals surface area (Å²) in [6.45, 7) is 0. The van der Waals surface area contributed by atoms with E-state index in [1.165, 1.54) is 54.8 Å². The molecule has 2 heterocycles. The zero-order chi connectivity index (χ0) is 38.9. The van der Waals surface area contributed by atoms with Crippen LogP contribution in [0.15, 0.2) is 223 Å². The Morgan fingerprint density at radius 1 is 0.339 bits per heavy atom. The second-order valence-corrected chi connectivity index (χ2v) is 15.3. The van der Waals surface area contributed by atoms with Crippen molar-refractivity contribution in [3.63, 3.8) is 0 Å². The van der Waals surface area contributed by atoms with Crippen molar-refractivity contribution in [3.05, 3.63) is 218 Å². The number of benzene rings is 10. The summed E-state index contributed by atoms with van der Waals surface area (Å²) >= 11 is 0. The molecule has 0 aliphatic heterocycles. The van der Waals surface area contributed by atoms with Crippen LogP contribution >= 0.6 is 0 Å². The Morgan fingerprint density at radius 2 is 0.966 bits per heavy atom. The molecule has 0 radical (unpaired) electrons. The Morgan fingerprint density at radius 3 is 1.78 bits per heavy atom. The largest absolute Gasteiger partial charge is 0.455 e. The average Bonchev–Trinajstić information content (AvgIpc) is 3.86. The van der Waals surface area contributed by atoms with Crippen LogP contribution in [-0.4, -0.2) is 4.57 Å². The molecule has 0 saturated carbocycles. The van der Waals surface area contributed by atoms with Crippen LogP contribution < -0.4 is 4.90 Å². The maximum absolute atomic E-state index is 6.57. The molecule has 0 unspecified atom stereocenters. The van der Waals surface area contributed by atoms with E-state index in [4.69, 9.17) is 4.42 Å². The first kappa shape index (κ1) is 33.3. The van der Waals surface area contributed by atoms with E-state index in [2.05, 4.69) is 222 Å². The van der Waals surface area contributed by atoms with Gasteiger partial charge in [0.1, 0.15) is 11.2 Å². The summed E-state index contributed by atoms with van der Waals surface area (Å²) in [7, 11) is 0. The van der Waals surface area contributed by atoms with Crippen molar-refractivity contribution in [1.29, 1.82) is 0 Å². The van der Waals surface area contributed by atoms with Gasteiger partial charge in [-0.3, -0.25) is 0 Å². The summed E-state index contributed by atoms with van der Waals surface area (Å²) in [5, 5.41) is 9.45. The molecule has 0 fully saturated rings. The minimum absolute atomic E-state index is 0.899. The lowest BCUT2D eigenvalue weighted by Gasteiger charge is -2.27. The van der Waals surface area contributed by atoms with E-state index in [0.717, 1.165) is 55.5 Å². The van der Waals surface area contributed by atoms with Gasteiger partial charge in [0, 0.05) is 49.7 Å². The Labute approximate surface area is 341 Å². The maximum atomic E-state index is 6.57. The minimum Gasteiger partial charge on any atom is -0.455 e. The molecule has 0 spiro atoms. The number of fused-ring (bicyclic) bond motifs is 9. The van der Waals surface area contributed by atoms with Crippen molar-refractivity contribution in [2.24, 2.45) is 0 Å². The highest BCUT2D eigenvalue weighted by Gasteiger charge is 2.19. The molecule has 10 aromatic carbocycles. The lowest BCUT2D eigenvalue weighted by atomic mass is 9.95. The van der Waals surface area contributed by atoms with Gasteiger partial charge in [-0.1, -0.05) is 146 Å². The van der Waals surface area contributed by atoms with E-state index < -0.39 is 0 Å². The first-order valence-electron chi connectivity index (χ1n) is 20.2. The molecule has 0 saturated heterocycles. The van der Waals surface area contributed by atoms with Gasteiger partial charge in [-0.15, -0.1) is 0 Å². The van der Waals surface area contributed by atoms with E-state index >= 15 is 0 Å². The molecule has 0 aliphatic carbocycles. The van der Waals surface area contributed by atoms with Crippen molar-refractivity contribution in [2.45, 2.75) is 0 Å². The van der Waals surface area contributed by atoms with E-state index in [-0.39, 0.29) is 0 Å². The summed E-state index contributed by atoms with van der Waals surface area (Å²) in [6, 6.07) is 78.8. The second kappa shape index (κ2) is 13.4. The van der Waals surface area contributed by atoms with Crippen LogP contribution in [0.5, 0.6) is 0 Å². The standard InChI is InChI=1S/C56H36N2O/c1-2-12-38(13-3-1)46-20-10-14-39-24-25-41(34-51(39)46)37-26-30-42(31-27-37)57(45-32-28-40-29-33-50-49-19-6-9-23-55(49)59-56(50)52(40)36-45)43-15-11-16-44(35-43)58-53-21-7-4-17-47(53)48-18-5-8-22-54(48)58/h1-36H. The summed E-state index contributed by atoms with van der Waals surface area (Å²) in [5.41, 5.74) is 13.3.